The molecular formula is C37H51F3O5. The molecule has 0 bridgehead atoms. The van der Waals surface area contributed by atoms with E-state index in [4.69, 9.17) is 9.47 Å². The van der Waals surface area contributed by atoms with Crippen molar-refractivity contribution in [1.29, 1.82) is 0 Å². The third-order valence-corrected chi connectivity index (χ3v) is 13.1. The SMILES string of the molecule is CC(C)CCC1(C(=O)OCc2ccccc2)C(O)CC2(C)C(=C3C4C(C)(C)C(C(C)(C)C(C)OC(=O)C(F)(F)F)CCC342)C1C. The highest BCUT2D eigenvalue weighted by Crippen LogP contribution is 2.91. The van der Waals surface area contributed by atoms with Gasteiger partial charge in [-0.3, -0.25) is 4.79 Å². The zero-order valence-corrected chi connectivity index (χ0v) is 28.3. The van der Waals surface area contributed by atoms with Crippen LogP contribution < -0.4 is 0 Å². The number of carbonyl (C=O) groups is 2. The molecule has 0 heterocycles. The quantitative estimate of drug-likeness (QED) is 0.219. The highest BCUT2D eigenvalue weighted by atomic mass is 19.4. The number of ether oxygens (including phenoxy) is 2. The molecule has 5 nitrogen and oxygen atoms in total. The first-order chi connectivity index (χ1) is 20.7. The monoisotopic (exact) mass is 632 g/mol. The second-order valence-corrected chi connectivity index (χ2v) is 16.3. The summed E-state index contributed by atoms with van der Waals surface area (Å²) >= 11 is 0. The molecule has 45 heavy (non-hydrogen) atoms. The van der Waals surface area contributed by atoms with E-state index in [0.717, 1.165) is 24.8 Å². The van der Waals surface area contributed by atoms with Crippen LogP contribution in [0.5, 0.6) is 0 Å². The number of fused-ring (bicyclic) bond motifs is 2. The first-order valence-electron chi connectivity index (χ1n) is 16.6. The summed E-state index contributed by atoms with van der Waals surface area (Å²) < 4.78 is 50.2. The largest absolute Gasteiger partial charge is 0.490 e. The minimum absolute atomic E-state index is 0.0113. The fraction of sp³-hybridized carbons (Fsp3) is 0.730. The highest BCUT2D eigenvalue weighted by Gasteiger charge is 2.85. The van der Waals surface area contributed by atoms with E-state index in [2.05, 4.69) is 41.5 Å². The summed E-state index contributed by atoms with van der Waals surface area (Å²) in [5.41, 5.74) is 1.14. The third kappa shape index (κ3) is 4.81. The van der Waals surface area contributed by atoms with Gasteiger partial charge in [-0.1, -0.05) is 96.9 Å². The molecule has 1 spiro atoms. The summed E-state index contributed by atoms with van der Waals surface area (Å²) in [6.45, 7) is 18.5. The topological polar surface area (TPSA) is 72.8 Å². The van der Waals surface area contributed by atoms with E-state index in [1.165, 1.54) is 11.1 Å². The van der Waals surface area contributed by atoms with E-state index in [-0.39, 0.29) is 46.6 Å². The molecule has 0 aliphatic heterocycles. The van der Waals surface area contributed by atoms with Crippen molar-refractivity contribution in [1.82, 2.24) is 0 Å². The maximum atomic E-state index is 14.2. The molecule has 5 rings (SSSR count). The van der Waals surface area contributed by atoms with Crippen molar-refractivity contribution in [2.75, 3.05) is 0 Å². The van der Waals surface area contributed by atoms with Crippen LogP contribution in [-0.4, -0.2) is 35.4 Å². The van der Waals surface area contributed by atoms with Crippen LogP contribution in [0.15, 0.2) is 41.5 Å². The van der Waals surface area contributed by atoms with Gasteiger partial charge in [-0.15, -0.1) is 0 Å². The normalized spacial score (nSPS) is 35.9. The maximum Gasteiger partial charge on any atom is 0.490 e. The number of aliphatic hydroxyl groups excluding tert-OH is 1. The number of hydrogen-bond donors (Lipinski definition) is 1. The first kappa shape index (κ1) is 34.0. The second kappa shape index (κ2) is 10.8. The molecule has 8 atom stereocenters. The molecule has 1 aromatic rings. The highest BCUT2D eigenvalue weighted by molar-refractivity contribution is 5.81. The number of esters is 2. The van der Waals surface area contributed by atoms with Gasteiger partial charge in [0.2, 0.25) is 0 Å². The first-order valence-corrected chi connectivity index (χ1v) is 16.6. The number of carbonyl (C=O) groups excluding carboxylic acids is 2. The number of alkyl halides is 3. The molecule has 4 aliphatic carbocycles. The molecule has 250 valence electrons. The van der Waals surface area contributed by atoms with Crippen molar-refractivity contribution in [3.8, 4) is 0 Å². The van der Waals surface area contributed by atoms with Crippen LogP contribution in [0.2, 0.25) is 0 Å². The lowest BCUT2D eigenvalue weighted by Gasteiger charge is -2.61. The third-order valence-electron chi connectivity index (χ3n) is 13.1. The number of allylic oxidation sites excluding steroid dienone is 2. The molecule has 0 saturated heterocycles. The standard InChI is InChI=1S/C37H51F3O5/c1-21(2)15-17-35(30(42)44-20-24-13-11-10-12-14-24)22(3)27-28-29-33(7,8)25(16-18-36(28,29)34(27,9)19-26(35)41)32(5,6)23(4)45-31(43)37(38,39)40/h10-14,21-23,25-26,29,41H,15-20H2,1-9H3. The van der Waals surface area contributed by atoms with Gasteiger partial charge in [0.05, 0.1) is 6.10 Å². The smallest absolute Gasteiger partial charge is 0.460 e. The van der Waals surface area contributed by atoms with Gasteiger partial charge in [0, 0.05) is 16.2 Å². The van der Waals surface area contributed by atoms with Crippen molar-refractivity contribution in [3.05, 3.63) is 47.0 Å². The van der Waals surface area contributed by atoms with Crippen LogP contribution in [0.1, 0.15) is 100.0 Å². The molecular weight excluding hydrogens is 581 g/mol. The molecule has 1 aromatic carbocycles. The van der Waals surface area contributed by atoms with Crippen molar-refractivity contribution in [2.24, 2.45) is 50.7 Å². The molecule has 0 radical (unpaired) electrons. The Morgan fingerprint density at radius 2 is 1.67 bits per heavy atom. The predicted molar refractivity (Wildman–Crippen MR) is 165 cm³/mol. The van der Waals surface area contributed by atoms with E-state index in [1.54, 1.807) is 6.92 Å². The van der Waals surface area contributed by atoms with Crippen LogP contribution in [0.25, 0.3) is 0 Å². The van der Waals surface area contributed by atoms with E-state index < -0.39 is 35.2 Å². The molecule has 1 N–H and O–H groups in total. The van der Waals surface area contributed by atoms with Crippen molar-refractivity contribution in [3.63, 3.8) is 0 Å². The van der Waals surface area contributed by atoms with E-state index in [9.17, 15) is 27.9 Å². The van der Waals surface area contributed by atoms with Gasteiger partial charge in [0.1, 0.15) is 18.1 Å². The zero-order chi connectivity index (χ0) is 33.5. The Morgan fingerprint density at radius 1 is 1.04 bits per heavy atom. The molecule has 3 fully saturated rings. The minimum Gasteiger partial charge on any atom is -0.460 e. The van der Waals surface area contributed by atoms with Crippen LogP contribution in [0.4, 0.5) is 13.2 Å². The van der Waals surface area contributed by atoms with Gasteiger partial charge >= 0.3 is 18.1 Å². The van der Waals surface area contributed by atoms with Gasteiger partial charge in [0.15, 0.2) is 0 Å². The molecule has 3 saturated carbocycles. The molecule has 0 amide bonds. The minimum atomic E-state index is -5.04. The predicted octanol–water partition coefficient (Wildman–Crippen LogP) is 8.44. The summed E-state index contributed by atoms with van der Waals surface area (Å²) in [6, 6.07) is 9.58. The van der Waals surface area contributed by atoms with Crippen LogP contribution >= 0.6 is 0 Å². The van der Waals surface area contributed by atoms with Crippen molar-refractivity contribution < 1.29 is 37.3 Å². The van der Waals surface area contributed by atoms with Crippen LogP contribution in [-0.2, 0) is 25.7 Å². The Morgan fingerprint density at radius 3 is 2.24 bits per heavy atom. The number of halogens is 3. The van der Waals surface area contributed by atoms with E-state index >= 15 is 0 Å². The Balaban J connectivity index is 1.47. The lowest BCUT2D eigenvalue weighted by atomic mass is 9.43. The number of benzene rings is 1. The van der Waals surface area contributed by atoms with E-state index in [0.29, 0.717) is 18.8 Å². The molecule has 4 aliphatic rings. The van der Waals surface area contributed by atoms with E-state index in [1.807, 2.05) is 44.2 Å². The van der Waals surface area contributed by atoms with Crippen LogP contribution in [0, 0.1) is 50.7 Å². The van der Waals surface area contributed by atoms with Gasteiger partial charge in [-0.2, -0.15) is 13.2 Å². The average Bonchev–Trinajstić information content (AvgIpc) is 3.58. The number of rotatable bonds is 9. The summed E-state index contributed by atoms with van der Waals surface area (Å²) in [4.78, 5) is 25.9. The Labute approximate surface area is 266 Å². The van der Waals surface area contributed by atoms with Gasteiger partial charge in [-0.05, 0) is 73.7 Å². The fourth-order valence-electron chi connectivity index (χ4n) is 10.7. The molecule has 0 aromatic heterocycles. The second-order valence-electron chi connectivity index (χ2n) is 16.3. The summed E-state index contributed by atoms with van der Waals surface area (Å²) in [7, 11) is 0. The average molecular weight is 633 g/mol. The lowest BCUT2D eigenvalue weighted by molar-refractivity contribution is -0.212. The van der Waals surface area contributed by atoms with Gasteiger partial charge in [-0.25, -0.2) is 4.79 Å². The fourth-order valence-corrected chi connectivity index (χ4v) is 10.7. The number of aliphatic hydroxyl groups is 1. The van der Waals surface area contributed by atoms with Crippen LogP contribution in [0.3, 0.4) is 0 Å². The lowest BCUT2D eigenvalue weighted by Crippen LogP contribution is -2.61. The zero-order valence-electron chi connectivity index (χ0n) is 28.3. The molecule has 8 heteroatoms. The maximum absolute atomic E-state index is 14.2. The van der Waals surface area contributed by atoms with Gasteiger partial charge in [0.25, 0.3) is 0 Å². The summed E-state index contributed by atoms with van der Waals surface area (Å²) in [5, 5.41) is 12.1. The van der Waals surface area contributed by atoms with Crippen molar-refractivity contribution >= 4 is 11.9 Å². The Bertz CT molecular complexity index is 1360. The summed E-state index contributed by atoms with van der Waals surface area (Å²) in [6.07, 6.45) is -3.39. The Kier molecular flexibility index (Phi) is 8.20. The summed E-state index contributed by atoms with van der Waals surface area (Å²) in [5.74, 6) is -2.19. The number of hydrogen-bond acceptors (Lipinski definition) is 5. The Hall–Kier alpha value is -2.35. The molecule has 8 unspecified atom stereocenters. The van der Waals surface area contributed by atoms with Crippen molar-refractivity contribution in [2.45, 2.75) is 119 Å². The van der Waals surface area contributed by atoms with Gasteiger partial charge < -0.3 is 14.6 Å².